The van der Waals surface area contributed by atoms with Crippen LogP contribution >= 0.6 is 11.3 Å². The summed E-state index contributed by atoms with van der Waals surface area (Å²) in [4.78, 5) is 34.1. The minimum absolute atomic E-state index is 0.142. The van der Waals surface area contributed by atoms with Crippen molar-refractivity contribution >= 4 is 23.2 Å². The van der Waals surface area contributed by atoms with Crippen LogP contribution in [0, 0.1) is 11.3 Å². The van der Waals surface area contributed by atoms with Gasteiger partial charge in [0, 0.05) is 28.5 Å². The van der Waals surface area contributed by atoms with Gasteiger partial charge in [-0.1, -0.05) is 26.8 Å². The second-order valence-electron chi connectivity index (χ2n) is 11.9. The molecule has 0 radical (unpaired) electrons. The Bertz CT molecular complexity index is 1130. The van der Waals surface area contributed by atoms with Gasteiger partial charge in [0.25, 0.3) is 5.91 Å². The van der Waals surface area contributed by atoms with Gasteiger partial charge < -0.3 is 19.5 Å². The quantitative estimate of drug-likeness (QED) is 0.597. The molecule has 8 heteroatoms. The molecule has 4 unspecified atom stereocenters. The summed E-state index contributed by atoms with van der Waals surface area (Å²) in [5.74, 6) is -0.383. The summed E-state index contributed by atoms with van der Waals surface area (Å²) < 4.78 is 11.5. The van der Waals surface area contributed by atoms with Crippen LogP contribution in [0.1, 0.15) is 81.9 Å². The molecule has 2 aromatic rings. The van der Waals surface area contributed by atoms with E-state index in [0.29, 0.717) is 22.7 Å². The first-order valence-electron chi connectivity index (χ1n) is 12.0. The molecule has 190 valence electrons. The Hall–Kier alpha value is -2.45. The highest BCUT2D eigenvalue weighted by Crippen LogP contribution is 2.73. The lowest BCUT2D eigenvalue weighted by Gasteiger charge is -2.41. The van der Waals surface area contributed by atoms with Crippen molar-refractivity contribution in [3.05, 3.63) is 45.9 Å². The second-order valence-corrected chi connectivity index (χ2v) is 12.8. The fourth-order valence-corrected chi connectivity index (χ4v) is 6.45. The molecule has 1 aromatic heterocycles. The maximum Gasteiger partial charge on any atom is 0.332 e. The van der Waals surface area contributed by atoms with Crippen LogP contribution in [-0.4, -0.2) is 51.7 Å². The van der Waals surface area contributed by atoms with Gasteiger partial charge >= 0.3 is 5.97 Å². The molecular weight excluding hydrogens is 464 g/mol. The van der Waals surface area contributed by atoms with E-state index in [-0.39, 0.29) is 23.8 Å². The van der Waals surface area contributed by atoms with Crippen LogP contribution in [0.4, 0.5) is 0 Å². The lowest BCUT2D eigenvalue weighted by molar-refractivity contribution is -0.168. The van der Waals surface area contributed by atoms with Crippen LogP contribution in [-0.2, 0) is 14.9 Å². The average Bonchev–Trinajstić information content (AvgIpc) is 3.17. The van der Waals surface area contributed by atoms with E-state index in [0.717, 1.165) is 5.56 Å². The van der Waals surface area contributed by atoms with Crippen LogP contribution in [0.25, 0.3) is 0 Å². The van der Waals surface area contributed by atoms with E-state index in [2.05, 4.69) is 25.8 Å². The number of fused-ring (bicyclic) bond motifs is 1. The van der Waals surface area contributed by atoms with Crippen LogP contribution in [0.2, 0.25) is 0 Å². The van der Waals surface area contributed by atoms with Gasteiger partial charge in [0.1, 0.15) is 21.9 Å². The molecule has 0 spiro atoms. The number of likely N-dealkylation sites (tertiary alicyclic amines) is 1. The molecule has 0 bridgehead atoms. The topological polar surface area (TPSA) is 89.0 Å². The number of rotatable bonds is 5. The van der Waals surface area contributed by atoms with Gasteiger partial charge in [0.2, 0.25) is 0 Å². The van der Waals surface area contributed by atoms with E-state index in [4.69, 9.17) is 9.47 Å². The van der Waals surface area contributed by atoms with Crippen molar-refractivity contribution in [1.29, 1.82) is 0 Å². The Morgan fingerprint density at radius 3 is 2.43 bits per heavy atom. The summed E-state index contributed by atoms with van der Waals surface area (Å²) >= 11 is 1.43. The van der Waals surface area contributed by atoms with E-state index in [1.165, 1.54) is 11.3 Å². The lowest BCUT2D eigenvalue weighted by atomic mass is 9.85. The van der Waals surface area contributed by atoms with E-state index >= 15 is 0 Å². The number of ether oxygens (including phenoxy) is 2. The number of hydrogen-bond donors (Lipinski definition) is 1. The Morgan fingerprint density at radius 2 is 1.91 bits per heavy atom. The number of carbonyl (C=O) groups is 2. The Labute approximate surface area is 211 Å². The number of benzene rings is 1. The summed E-state index contributed by atoms with van der Waals surface area (Å²) in [5, 5.41) is 13.1. The molecule has 1 saturated carbocycles. The molecule has 1 aromatic carbocycles. The number of hydrogen-bond acceptors (Lipinski definition) is 7. The number of thiazole rings is 1. The SMILES string of the molecule is COc1cc(C(=O)N2C(c3nccs3)C3(CO)CC3C2(C)C(=O)OC(C)(C)C)ccc1C(C)(C)C. The fourth-order valence-electron chi connectivity index (χ4n) is 5.60. The molecule has 35 heavy (non-hydrogen) atoms. The van der Waals surface area contributed by atoms with Crippen molar-refractivity contribution in [2.24, 2.45) is 11.3 Å². The van der Waals surface area contributed by atoms with Gasteiger partial charge in [-0.15, -0.1) is 11.3 Å². The maximum absolute atomic E-state index is 14.2. The van der Waals surface area contributed by atoms with E-state index in [1.54, 1.807) is 37.3 Å². The molecule has 2 fully saturated rings. The molecule has 1 aliphatic carbocycles. The summed E-state index contributed by atoms with van der Waals surface area (Å²) in [6.07, 6.45) is 2.31. The van der Waals surface area contributed by atoms with Gasteiger partial charge in [-0.25, -0.2) is 9.78 Å². The molecule has 2 aliphatic rings. The summed E-state index contributed by atoms with van der Waals surface area (Å²) in [6, 6.07) is 4.91. The number of methoxy groups -OCH3 is 1. The highest BCUT2D eigenvalue weighted by molar-refractivity contribution is 7.09. The molecule has 1 saturated heterocycles. The maximum atomic E-state index is 14.2. The summed E-state index contributed by atoms with van der Waals surface area (Å²) in [7, 11) is 1.59. The number of amides is 1. The van der Waals surface area contributed by atoms with Gasteiger partial charge in [-0.05, 0) is 57.2 Å². The largest absolute Gasteiger partial charge is 0.496 e. The van der Waals surface area contributed by atoms with Crippen LogP contribution in [0.3, 0.4) is 0 Å². The number of aromatic nitrogens is 1. The molecule has 1 N–H and O–H groups in total. The summed E-state index contributed by atoms with van der Waals surface area (Å²) in [6.45, 7) is 13.3. The van der Waals surface area contributed by atoms with Crippen molar-refractivity contribution in [3.8, 4) is 5.75 Å². The summed E-state index contributed by atoms with van der Waals surface area (Å²) in [5.41, 5.74) is -1.37. The first-order valence-corrected chi connectivity index (χ1v) is 12.8. The second kappa shape index (κ2) is 8.30. The van der Waals surface area contributed by atoms with Gasteiger partial charge in [-0.3, -0.25) is 4.79 Å². The molecule has 1 aliphatic heterocycles. The number of aliphatic hydroxyl groups is 1. The van der Waals surface area contributed by atoms with E-state index in [1.807, 2.05) is 32.2 Å². The first-order chi connectivity index (χ1) is 16.2. The van der Waals surface area contributed by atoms with Gasteiger partial charge in [-0.2, -0.15) is 0 Å². The van der Waals surface area contributed by atoms with E-state index in [9.17, 15) is 14.7 Å². The van der Waals surface area contributed by atoms with Crippen molar-refractivity contribution in [2.45, 2.75) is 77.5 Å². The average molecular weight is 501 g/mol. The Morgan fingerprint density at radius 1 is 1.23 bits per heavy atom. The number of piperidine rings is 1. The number of esters is 1. The van der Waals surface area contributed by atoms with Crippen molar-refractivity contribution in [2.75, 3.05) is 13.7 Å². The van der Waals surface area contributed by atoms with Crippen molar-refractivity contribution < 1.29 is 24.2 Å². The third-order valence-corrected chi connectivity index (χ3v) is 8.19. The lowest BCUT2D eigenvalue weighted by Crippen LogP contribution is -2.56. The van der Waals surface area contributed by atoms with Crippen LogP contribution < -0.4 is 4.74 Å². The van der Waals surface area contributed by atoms with Gasteiger partial charge in [0.05, 0.1) is 19.8 Å². The standard InChI is InChI=1S/C27H36N2O5S/c1-24(2,3)17-10-9-16(13-18(17)33-8)22(31)29-20(21-28-11-12-35-21)27(15-30)14-19(27)26(29,7)23(32)34-25(4,5)6/h9-13,19-20,30H,14-15H2,1-8H3. The molecule has 7 nitrogen and oxygen atoms in total. The van der Waals surface area contributed by atoms with Crippen molar-refractivity contribution in [1.82, 2.24) is 9.88 Å². The Balaban J connectivity index is 1.86. The normalized spacial score (nSPS) is 28.0. The number of aliphatic hydroxyl groups excluding tert-OH is 1. The highest BCUT2D eigenvalue weighted by Gasteiger charge is 2.79. The van der Waals surface area contributed by atoms with Gasteiger partial charge in [0.15, 0.2) is 0 Å². The fraction of sp³-hybridized carbons (Fsp3) is 0.593. The smallest absolute Gasteiger partial charge is 0.332 e. The molecular formula is C27H36N2O5S. The molecule has 4 atom stereocenters. The highest BCUT2D eigenvalue weighted by atomic mass is 32.1. The molecule has 1 amide bonds. The third kappa shape index (κ3) is 4.04. The minimum Gasteiger partial charge on any atom is -0.496 e. The molecule has 2 heterocycles. The van der Waals surface area contributed by atoms with Crippen LogP contribution in [0.15, 0.2) is 29.8 Å². The van der Waals surface area contributed by atoms with Crippen LogP contribution in [0.5, 0.6) is 5.75 Å². The number of carbonyl (C=O) groups excluding carboxylic acids is 2. The zero-order chi connectivity index (χ0) is 26.0. The van der Waals surface area contributed by atoms with E-state index < -0.39 is 28.6 Å². The monoisotopic (exact) mass is 500 g/mol. The Kier molecular flexibility index (Phi) is 6.08. The predicted molar refractivity (Wildman–Crippen MR) is 135 cm³/mol. The van der Waals surface area contributed by atoms with Crippen molar-refractivity contribution in [3.63, 3.8) is 0 Å². The first kappa shape index (κ1) is 25.6. The predicted octanol–water partition coefficient (Wildman–Crippen LogP) is 4.75. The zero-order valence-electron chi connectivity index (χ0n) is 21.8. The zero-order valence-corrected chi connectivity index (χ0v) is 22.7. The molecule has 4 rings (SSSR count). The third-order valence-electron chi connectivity index (χ3n) is 7.37. The number of nitrogens with zero attached hydrogens (tertiary/aromatic N) is 2. The minimum atomic E-state index is -1.25.